The number of rotatable bonds is 5. The molecule has 0 bridgehead atoms. The molecule has 0 spiro atoms. The van der Waals surface area contributed by atoms with Crippen LogP contribution in [0.15, 0.2) is 42.6 Å². The summed E-state index contributed by atoms with van der Waals surface area (Å²) in [5, 5.41) is 10.6. The van der Waals surface area contributed by atoms with Crippen LogP contribution in [0.25, 0.3) is 10.4 Å². The fourth-order valence-electron chi connectivity index (χ4n) is 2.51. The van der Waals surface area contributed by atoms with Gasteiger partial charge in [-0.05, 0) is 23.8 Å². The van der Waals surface area contributed by atoms with Crippen molar-refractivity contribution in [2.45, 2.75) is 0 Å². The van der Waals surface area contributed by atoms with E-state index in [4.69, 9.17) is 22.7 Å². The highest BCUT2D eigenvalue weighted by Gasteiger charge is 2.20. The van der Waals surface area contributed by atoms with Crippen molar-refractivity contribution in [2.24, 2.45) is 12.8 Å². The smallest absolute Gasteiger partial charge is 0.340 e. The number of hydrogen-bond donors (Lipinski definition) is 3. The lowest BCUT2D eigenvalue weighted by molar-refractivity contribution is 0.0602. The summed E-state index contributed by atoms with van der Waals surface area (Å²) in [6.45, 7) is 0. The number of methoxy groups -OCH3 is 1. The van der Waals surface area contributed by atoms with Crippen LogP contribution in [0.5, 0.6) is 0 Å². The predicted molar refractivity (Wildman–Crippen MR) is 113 cm³/mol. The van der Waals surface area contributed by atoms with Gasteiger partial charge in [0.1, 0.15) is 5.00 Å². The molecule has 144 valence electrons. The molecule has 0 aliphatic carbocycles. The number of nitrogens with zero attached hydrogens (tertiary/aromatic N) is 2. The van der Waals surface area contributed by atoms with Gasteiger partial charge in [0.15, 0.2) is 10.8 Å². The van der Waals surface area contributed by atoms with E-state index in [1.54, 1.807) is 19.3 Å². The van der Waals surface area contributed by atoms with Crippen LogP contribution in [0.2, 0.25) is 0 Å². The summed E-state index contributed by atoms with van der Waals surface area (Å²) in [7, 11) is 2.98. The van der Waals surface area contributed by atoms with Crippen molar-refractivity contribution >= 4 is 51.2 Å². The summed E-state index contributed by atoms with van der Waals surface area (Å²) in [5.74, 6) is -1.16. The number of nitrogens with two attached hydrogens (primary N) is 1. The molecule has 0 unspecified atom stereocenters. The topological polar surface area (TPSA) is 111 Å². The van der Waals surface area contributed by atoms with E-state index in [0.29, 0.717) is 16.3 Å². The molecule has 0 aliphatic heterocycles. The van der Waals surface area contributed by atoms with Crippen LogP contribution in [-0.4, -0.2) is 33.9 Å². The van der Waals surface area contributed by atoms with Gasteiger partial charge < -0.3 is 21.1 Å². The van der Waals surface area contributed by atoms with E-state index < -0.39 is 11.9 Å². The van der Waals surface area contributed by atoms with Gasteiger partial charge in [-0.25, -0.2) is 4.79 Å². The number of nitrogens with one attached hydrogen (secondary N) is 2. The fraction of sp³-hybridized carbons (Fsp3) is 0.111. The fourth-order valence-corrected chi connectivity index (χ4v) is 3.84. The Kier molecular flexibility index (Phi) is 5.71. The van der Waals surface area contributed by atoms with Crippen molar-refractivity contribution < 1.29 is 14.3 Å². The summed E-state index contributed by atoms with van der Waals surface area (Å²) >= 11 is 6.68. The Labute approximate surface area is 170 Å². The Hall–Kier alpha value is -3.24. The molecule has 2 aromatic heterocycles. The zero-order chi connectivity index (χ0) is 20.3. The zero-order valence-electron chi connectivity index (χ0n) is 15.1. The first-order valence-corrected chi connectivity index (χ1v) is 9.30. The molecule has 0 fully saturated rings. The van der Waals surface area contributed by atoms with Crippen LogP contribution >= 0.6 is 23.6 Å². The van der Waals surface area contributed by atoms with Crippen LogP contribution in [0.1, 0.15) is 20.8 Å². The van der Waals surface area contributed by atoms with Crippen molar-refractivity contribution in [2.75, 3.05) is 17.7 Å². The molecule has 4 N–H and O–H groups in total. The van der Waals surface area contributed by atoms with Crippen LogP contribution in [0, 0.1) is 0 Å². The largest absolute Gasteiger partial charge is 0.465 e. The molecule has 0 radical (unpaired) electrons. The van der Waals surface area contributed by atoms with E-state index in [9.17, 15) is 9.59 Å². The van der Waals surface area contributed by atoms with Gasteiger partial charge in [-0.15, -0.1) is 11.3 Å². The molecule has 8 nitrogen and oxygen atoms in total. The standard InChI is InChI=1S/C18H17N5O3S2/c1-23-9-12(14(22-23)15(19)24)20-18(27)21-16-11(17(25)26-2)8-13(28-16)10-6-4-3-5-7-10/h3-9H,1-2H3,(H2,19,24)(H2,20,21,27). The Morgan fingerprint density at radius 1 is 1.25 bits per heavy atom. The number of ether oxygens (including phenoxy) is 1. The molecule has 10 heteroatoms. The lowest BCUT2D eigenvalue weighted by Gasteiger charge is -2.09. The van der Waals surface area contributed by atoms with Gasteiger partial charge in [0.25, 0.3) is 5.91 Å². The highest BCUT2D eigenvalue weighted by Crippen LogP contribution is 2.36. The van der Waals surface area contributed by atoms with Gasteiger partial charge in [0.05, 0.1) is 18.4 Å². The number of thiophene rings is 1. The number of esters is 1. The second-order valence-electron chi connectivity index (χ2n) is 5.72. The number of thiocarbonyl (C=S) groups is 1. The normalized spacial score (nSPS) is 10.4. The van der Waals surface area contributed by atoms with Gasteiger partial charge in [-0.3, -0.25) is 9.48 Å². The number of aromatic nitrogens is 2. The molecule has 0 saturated carbocycles. The predicted octanol–water partition coefficient (Wildman–Crippen LogP) is 2.84. The van der Waals surface area contributed by atoms with E-state index in [1.165, 1.54) is 23.1 Å². The number of carbonyl (C=O) groups is 2. The third kappa shape index (κ3) is 4.18. The monoisotopic (exact) mass is 415 g/mol. The van der Waals surface area contributed by atoms with E-state index in [-0.39, 0.29) is 10.8 Å². The summed E-state index contributed by atoms with van der Waals surface area (Å²) < 4.78 is 6.32. The zero-order valence-corrected chi connectivity index (χ0v) is 16.7. The molecule has 0 atom stereocenters. The van der Waals surface area contributed by atoms with Crippen LogP contribution < -0.4 is 16.4 Å². The first kappa shape index (κ1) is 19.5. The minimum absolute atomic E-state index is 0.0657. The van der Waals surface area contributed by atoms with Crippen molar-refractivity contribution in [1.82, 2.24) is 9.78 Å². The molecule has 0 saturated heterocycles. The Morgan fingerprint density at radius 2 is 1.96 bits per heavy atom. The number of hydrogen-bond acceptors (Lipinski definition) is 6. The first-order chi connectivity index (χ1) is 13.4. The number of aryl methyl sites for hydroxylation is 1. The summed E-state index contributed by atoms with van der Waals surface area (Å²) in [5.41, 5.74) is 7.09. The van der Waals surface area contributed by atoms with Crippen LogP contribution in [0.4, 0.5) is 10.7 Å². The maximum absolute atomic E-state index is 12.2. The summed E-state index contributed by atoms with van der Waals surface area (Å²) in [4.78, 5) is 24.6. The average molecular weight is 416 g/mol. The third-order valence-electron chi connectivity index (χ3n) is 3.73. The maximum atomic E-state index is 12.2. The van der Waals surface area contributed by atoms with E-state index in [2.05, 4.69) is 15.7 Å². The number of amides is 1. The van der Waals surface area contributed by atoms with Crippen LogP contribution in [-0.2, 0) is 11.8 Å². The lowest BCUT2D eigenvalue weighted by Crippen LogP contribution is -2.22. The minimum Gasteiger partial charge on any atom is -0.465 e. The van der Waals surface area contributed by atoms with Gasteiger partial charge in [-0.1, -0.05) is 30.3 Å². The average Bonchev–Trinajstić information content (AvgIpc) is 3.25. The SMILES string of the molecule is COC(=O)c1cc(-c2ccccc2)sc1NC(=S)Nc1cn(C)nc1C(N)=O. The van der Waals surface area contributed by atoms with Gasteiger partial charge >= 0.3 is 5.97 Å². The molecule has 0 aliphatic rings. The van der Waals surface area contributed by atoms with E-state index in [1.807, 2.05) is 30.3 Å². The number of benzene rings is 1. The lowest BCUT2D eigenvalue weighted by atomic mass is 10.1. The molecule has 2 heterocycles. The van der Waals surface area contributed by atoms with E-state index in [0.717, 1.165) is 10.4 Å². The molecule has 3 rings (SSSR count). The quantitative estimate of drug-likeness (QED) is 0.434. The number of primary amides is 1. The third-order valence-corrected chi connectivity index (χ3v) is 5.04. The minimum atomic E-state index is -0.677. The van der Waals surface area contributed by atoms with Crippen molar-refractivity contribution in [3.63, 3.8) is 0 Å². The number of carbonyl (C=O) groups excluding carboxylic acids is 2. The number of anilines is 2. The molecule has 1 amide bonds. The van der Waals surface area contributed by atoms with E-state index >= 15 is 0 Å². The molecular formula is C18H17N5O3S2. The second-order valence-corrected chi connectivity index (χ2v) is 7.18. The highest BCUT2D eigenvalue weighted by molar-refractivity contribution is 7.80. The first-order valence-electron chi connectivity index (χ1n) is 8.08. The van der Waals surface area contributed by atoms with Crippen molar-refractivity contribution in [3.8, 4) is 10.4 Å². The highest BCUT2D eigenvalue weighted by atomic mass is 32.1. The van der Waals surface area contributed by atoms with Crippen molar-refractivity contribution in [3.05, 3.63) is 53.9 Å². The second kappa shape index (κ2) is 8.19. The summed E-state index contributed by atoms with van der Waals surface area (Å²) in [6.07, 6.45) is 1.58. The summed E-state index contributed by atoms with van der Waals surface area (Å²) in [6, 6.07) is 11.4. The Bertz CT molecular complexity index is 1040. The molecule has 28 heavy (non-hydrogen) atoms. The van der Waals surface area contributed by atoms with Gasteiger partial charge in [-0.2, -0.15) is 5.10 Å². The van der Waals surface area contributed by atoms with Gasteiger partial charge in [0, 0.05) is 18.1 Å². The van der Waals surface area contributed by atoms with Crippen LogP contribution in [0.3, 0.4) is 0 Å². The Morgan fingerprint density at radius 3 is 2.61 bits per heavy atom. The van der Waals surface area contributed by atoms with Crippen molar-refractivity contribution in [1.29, 1.82) is 0 Å². The molecule has 3 aromatic rings. The Balaban J connectivity index is 1.87. The molecular weight excluding hydrogens is 398 g/mol. The molecule has 1 aromatic carbocycles. The maximum Gasteiger partial charge on any atom is 0.340 e. The van der Waals surface area contributed by atoms with Gasteiger partial charge in [0.2, 0.25) is 0 Å².